The quantitative estimate of drug-likeness (QED) is 0.809. The van der Waals surface area contributed by atoms with Crippen LogP contribution in [0.3, 0.4) is 0 Å². The highest BCUT2D eigenvalue weighted by atomic mass is 79.9. The van der Waals surface area contributed by atoms with Crippen LogP contribution < -0.4 is 5.32 Å². The van der Waals surface area contributed by atoms with Crippen molar-refractivity contribution in [3.05, 3.63) is 69.2 Å². The van der Waals surface area contributed by atoms with Crippen LogP contribution >= 0.6 is 27.5 Å². The van der Waals surface area contributed by atoms with Crippen molar-refractivity contribution in [3.63, 3.8) is 0 Å². The maximum Gasteiger partial charge on any atom is 0.0406 e. The molecule has 0 aliphatic rings. The molecule has 0 amide bonds. The molecule has 1 unspecified atom stereocenters. The minimum atomic E-state index is 0.307. The van der Waals surface area contributed by atoms with Gasteiger partial charge in [0.15, 0.2) is 0 Å². The molecule has 1 N–H and O–H groups in total. The number of hydrogen-bond acceptors (Lipinski definition) is 1. The molecule has 100 valence electrons. The Morgan fingerprint density at radius 1 is 1.11 bits per heavy atom. The van der Waals surface area contributed by atoms with E-state index in [0.29, 0.717) is 6.04 Å². The fraction of sp³-hybridized carbons (Fsp3) is 0.250. The largest absolute Gasteiger partial charge is 0.310 e. The van der Waals surface area contributed by atoms with Crippen molar-refractivity contribution in [3.8, 4) is 0 Å². The molecule has 3 heteroatoms. The second kappa shape index (κ2) is 7.09. The van der Waals surface area contributed by atoms with Gasteiger partial charge in [-0.2, -0.15) is 0 Å². The highest BCUT2D eigenvalue weighted by Crippen LogP contribution is 2.26. The zero-order chi connectivity index (χ0) is 13.7. The number of halogens is 2. The van der Waals surface area contributed by atoms with E-state index >= 15 is 0 Å². The van der Waals surface area contributed by atoms with Crippen molar-refractivity contribution < 1.29 is 0 Å². The van der Waals surface area contributed by atoms with Crippen LogP contribution in [0.15, 0.2) is 53.0 Å². The van der Waals surface area contributed by atoms with Crippen LogP contribution in [0.4, 0.5) is 0 Å². The highest BCUT2D eigenvalue weighted by molar-refractivity contribution is 9.10. The van der Waals surface area contributed by atoms with E-state index in [4.69, 9.17) is 11.6 Å². The molecule has 0 radical (unpaired) electrons. The summed E-state index contributed by atoms with van der Waals surface area (Å²) in [6, 6.07) is 16.7. The van der Waals surface area contributed by atoms with Crippen LogP contribution in [-0.2, 0) is 6.42 Å². The summed E-state index contributed by atoms with van der Waals surface area (Å²) in [6.07, 6.45) is 0.952. The number of hydrogen-bond donors (Lipinski definition) is 1. The first-order valence-corrected chi connectivity index (χ1v) is 7.60. The lowest BCUT2D eigenvalue weighted by Gasteiger charge is -2.20. The van der Waals surface area contributed by atoms with Crippen LogP contribution in [0, 0.1) is 0 Å². The summed E-state index contributed by atoms with van der Waals surface area (Å²) in [5, 5.41) is 4.32. The Kier molecular flexibility index (Phi) is 5.44. The standard InChI is InChI=1S/C16H17BrClN/c1-2-19-16(14-5-3-4-6-15(14)17)11-12-7-9-13(18)10-8-12/h3-10,16,19H,2,11H2,1H3. The first-order valence-electron chi connectivity index (χ1n) is 6.43. The zero-order valence-electron chi connectivity index (χ0n) is 10.9. The third kappa shape index (κ3) is 4.07. The van der Waals surface area contributed by atoms with Crippen molar-refractivity contribution in [2.24, 2.45) is 0 Å². The number of nitrogens with one attached hydrogen (secondary N) is 1. The van der Waals surface area contributed by atoms with Crippen molar-refractivity contribution in [2.75, 3.05) is 6.54 Å². The maximum absolute atomic E-state index is 5.93. The Bertz CT molecular complexity index is 525. The topological polar surface area (TPSA) is 12.0 Å². The second-order valence-electron chi connectivity index (χ2n) is 4.46. The predicted molar refractivity (Wildman–Crippen MR) is 85.7 cm³/mol. The Morgan fingerprint density at radius 2 is 1.79 bits per heavy atom. The average Bonchev–Trinajstić information content (AvgIpc) is 2.41. The summed E-state index contributed by atoms with van der Waals surface area (Å²) >= 11 is 9.56. The summed E-state index contributed by atoms with van der Waals surface area (Å²) in [4.78, 5) is 0. The monoisotopic (exact) mass is 337 g/mol. The summed E-state index contributed by atoms with van der Waals surface area (Å²) in [7, 11) is 0. The molecule has 1 nitrogen and oxygen atoms in total. The van der Waals surface area contributed by atoms with Gasteiger partial charge in [-0.15, -0.1) is 0 Å². The fourth-order valence-electron chi connectivity index (χ4n) is 2.15. The van der Waals surface area contributed by atoms with E-state index in [0.717, 1.165) is 22.5 Å². The van der Waals surface area contributed by atoms with Gasteiger partial charge in [0.2, 0.25) is 0 Å². The third-order valence-electron chi connectivity index (χ3n) is 3.08. The lowest BCUT2D eigenvalue weighted by Crippen LogP contribution is -2.23. The molecular weight excluding hydrogens is 322 g/mol. The van der Waals surface area contributed by atoms with Gasteiger partial charge in [0.05, 0.1) is 0 Å². The number of likely N-dealkylation sites (N-methyl/N-ethyl adjacent to an activating group) is 1. The molecule has 0 aromatic heterocycles. The lowest BCUT2D eigenvalue weighted by molar-refractivity contribution is 0.548. The summed E-state index contributed by atoms with van der Waals surface area (Å²) < 4.78 is 1.15. The molecule has 2 aromatic carbocycles. The van der Waals surface area contributed by atoms with Crippen LogP contribution in [-0.4, -0.2) is 6.54 Å². The van der Waals surface area contributed by atoms with E-state index < -0.39 is 0 Å². The Labute approximate surface area is 128 Å². The van der Waals surface area contributed by atoms with E-state index in [1.54, 1.807) is 0 Å². The minimum Gasteiger partial charge on any atom is -0.310 e. The van der Waals surface area contributed by atoms with Gasteiger partial charge in [-0.3, -0.25) is 0 Å². The SMILES string of the molecule is CCNC(Cc1ccc(Cl)cc1)c1ccccc1Br. The van der Waals surface area contributed by atoms with E-state index in [1.807, 2.05) is 18.2 Å². The molecule has 2 rings (SSSR count). The Hall–Kier alpha value is -0.830. The van der Waals surface area contributed by atoms with E-state index in [1.165, 1.54) is 11.1 Å². The van der Waals surface area contributed by atoms with Crippen molar-refractivity contribution in [1.29, 1.82) is 0 Å². The lowest BCUT2D eigenvalue weighted by atomic mass is 9.99. The van der Waals surface area contributed by atoms with Crippen LogP contribution in [0.1, 0.15) is 24.1 Å². The normalized spacial score (nSPS) is 12.4. The predicted octanol–water partition coefficient (Wildman–Crippen LogP) is 5.00. The number of rotatable bonds is 5. The van der Waals surface area contributed by atoms with Gasteiger partial charge in [-0.25, -0.2) is 0 Å². The molecular formula is C16H17BrClN. The van der Waals surface area contributed by atoms with Crippen LogP contribution in [0.2, 0.25) is 5.02 Å². The van der Waals surface area contributed by atoms with Gasteiger partial charge in [-0.1, -0.05) is 64.8 Å². The van der Waals surface area contributed by atoms with Gasteiger partial charge >= 0.3 is 0 Å². The van der Waals surface area contributed by atoms with Gasteiger partial charge in [-0.05, 0) is 42.3 Å². The smallest absolute Gasteiger partial charge is 0.0406 e. The molecule has 0 fully saturated rings. The molecule has 0 spiro atoms. The van der Waals surface area contributed by atoms with E-state index in [-0.39, 0.29) is 0 Å². The molecule has 19 heavy (non-hydrogen) atoms. The third-order valence-corrected chi connectivity index (χ3v) is 4.06. The van der Waals surface area contributed by atoms with Gasteiger partial charge in [0.25, 0.3) is 0 Å². The molecule has 0 aliphatic heterocycles. The Balaban J connectivity index is 2.21. The van der Waals surface area contributed by atoms with Gasteiger partial charge in [0, 0.05) is 15.5 Å². The van der Waals surface area contributed by atoms with Crippen LogP contribution in [0.5, 0.6) is 0 Å². The van der Waals surface area contributed by atoms with Crippen LogP contribution in [0.25, 0.3) is 0 Å². The molecule has 1 atom stereocenters. The minimum absolute atomic E-state index is 0.307. The molecule has 0 aliphatic carbocycles. The first-order chi connectivity index (χ1) is 9.20. The van der Waals surface area contributed by atoms with E-state index in [9.17, 15) is 0 Å². The molecule has 2 aromatic rings. The zero-order valence-corrected chi connectivity index (χ0v) is 13.2. The highest BCUT2D eigenvalue weighted by Gasteiger charge is 2.13. The average molecular weight is 339 g/mol. The second-order valence-corrected chi connectivity index (χ2v) is 5.75. The van der Waals surface area contributed by atoms with Crippen molar-refractivity contribution in [2.45, 2.75) is 19.4 Å². The summed E-state index contributed by atoms with van der Waals surface area (Å²) in [5.74, 6) is 0. The molecule has 0 saturated carbocycles. The first kappa shape index (κ1) is 14.6. The molecule has 0 bridgehead atoms. The maximum atomic E-state index is 5.93. The van der Waals surface area contributed by atoms with E-state index in [2.05, 4.69) is 58.5 Å². The fourth-order valence-corrected chi connectivity index (χ4v) is 2.84. The molecule has 0 saturated heterocycles. The summed E-state index contributed by atoms with van der Waals surface area (Å²) in [6.45, 7) is 3.07. The summed E-state index contributed by atoms with van der Waals surface area (Å²) in [5.41, 5.74) is 2.57. The Morgan fingerprint density at radius 3 is 2.42 bits per heavy atom. The number of benzene rings is 2. The van der Waals surface area contributed by atoms with Crippen molar-refractivity contribution >= 4 is 27.5 Å². The van der Waals surface area contributed by atoms with Gasteiger partial charge < -0.3 is 5.32 Å². The van der Waals surface area contributed by atoms with Gasteiger partial charge in [0.1, 0.15) is 0 Å². The molecule has 0 heterocycles. The van der Waals surface area contributed by atoms with Crippen molar-refractivity contribution in [1.82, 2.24) is 5.32 Å².